The number of aliphatic imine (C=N–C) groups is 1. The molecule has 1 heterocycles. The van der Waals surface area contributed by atoms with E-state index < -0.39 is 63.6 Å². The van der Waals surface area contributed by atoms with Gasteiger partial charge in [0.15, 0.2) is 17.6 Å². The number of ether oxygens (including phenoxy) is 5. The van der Waals surface area contributed by atoms with Crippen molar-refractivity contribution in [1.82, 2.24) is 0 Å². The van der Waals surface area contributed by atoms with Crippen LogP contribution in [-0.2, 0) is 33.3 Å². The van der Waals surface area contributed by atoms with Gasteiger partial charge in [-0.25, -0.2) is 0 Å². The van der Waals surface area contributed by atoms with Gasteiger partial charge >= 0.3 is 17.9 Å². The highest BCUT2D eigenvalue weighted by molar-refractivity contribution is 7.99. The van der Waals surface area contributed by atoms with Gasteiger partial charge in [0.25, 0.3) is 0 Å². The minimum absolute atomic E-state index is 0.305. The molecule has 11 heteroatoms. The molecule has 0 spiro atoms. The number of hydrogen-bond donors (Lipinski definition) is 1. The number of esters is 3. The number of nitrogens with zero attached hydrogens (tertiary/aromatic N) is 1. The van der Waals surface area contributed by atoms with Crippen LogP contribution < -0.4 is 4.74 Å². The molecule has 0 radical (unpaired) electrons. The molecule has 1 aromatic rings. The normalized spacial score (nSPS) is 25.1. The fraction of sp³-hybridized carbons (Fsp3) is 0.677. The quantitative estimate of drug-likeness (QED) is 0.237. The lowest BCUT2D eigenvalue weighted by Crippen LogP contribution is -2.67. The maximum Gasteiger partial charge on any atom is 0.311 e. The maximum atomic E-state index is 13.3. The first-order valence-electron chi connectivity index (χ1n) is 14.0. The molecule has 1 aromatic carbocycles. The Labute approximate surface area is 253 Å². The number of rotatable bonds is 9. The largest absolute Gasteiger partial charge is 0.497 e. The number of carbonyl (C=O) groups is 3. The molecule has 1 aliphatic rings. The summed E-state index contributed by atoms with van der Waals surface area (Å²) in [5.74, 6) is -0.609. The Morgan fingerprint density at radius 1 is 0.929 bits per heavy atom. The Morgan fingerprint density at radius 2 is 1.45 bits per heavy atom. The van der Waals surface area contributed by atoms with E-state index in [4.69, 9.17) is 23.7 Å². The molecule has 1 fully saturated rings. The Kier molecular flexibility index (Phi) is 11.7. The van der Waals surface area contributed by atoms with E-state index in [1.165, 1.54) is 18.0 Å². The molecule has 0 amide bonds. The van der Waals surface area contributed by atoms with Crippen LogP contribution in [0, 0.1) is 16.2 Å². The fourth-order valence-corrected chi connectivity index (χ4v) is 4.58. The van der Waals surface area contributed by atoms with E-state index in [2.05, 4.69) is 4.99 Å². The van der Waals surface area contributed by atoms with Crippen molar-refractivity contribution < 1.29 is 43.2 Å². The summed E-state index contributed by atoms with van der Waals surface area (Å²) in [4.78, 5) is 43.7. The summed E-state index contributed by atoms with van der Waals surface area (Å²) in [5.41, 5.74) is -5.32. The second kappa shape index (κ2) is 13.8. The first-order valence-corrected chi connectivity index (χ1v) is 15.1. The lowest BCUT2D eigenvalue weighted by Gasteiger charge is -2.48. The van der Waals surface area contributed by atoms with Crippen LogP contribution in [0.2, 0.25) is 0 Å². The summed E-state index contributed by atoms with van der Waals surface area (Å²) in [6.07, 6.45) is -2.49. The number of thioether (sulfide) groups is 1. The molecule has 0 unspecified atom stereocenters. The molecule has 5 atom stereocenters. The molecular weight excluding hydrogens is 562 g/mol. The Hall–Kier alpha value is -2.63. The first kappa shape index (κ1) is 35.6. The second-order valence-electron chi connectivity index (χ2n) is 13.3. The maximum absolute atomic E-state index is 13.3. The van der Waals surface area contributed by atoms with Gasteiger partial charge in [-0.1, -0.05) is 6.92 Å². The lowest BCUT2D eigenvalue weighted by molar-refractivity contribution is -0.267. The van der Waals surface area contributed by atoms with Crippen molar-refractivity contribution in [3.63, 3.8) is 0 Å². The zero-order valence-electron chi connectivity index (χ0n) is 26.7. The fourth-order valence-electron chi connectivity index (χ4n) is 3.62. The van der Waals surface area contributed by atoms with Crippen LogP contribution in [0.15, 0.2) is 29.3 Å². The number of carbonyl (C=O) groups excluding carboxylic acids is 3. The van der Waals surface area contributed by atoms with Crippen molar-refractivity contribution in [2.45, 2.75) is 98.7 Å². The average molecular weight is 610 g/mol. The first-order chi connectivity index (χ1) is 19.2. The zero-order chi connectivity index (χ0) is 32.1. The highest BCUT2D eigenvalue weighted by Gasteiger charge is 2.60. The number of benzene rings is 1. The molecule has 1 aliphatic heterocycles. The summed E-state index contributed by atoms with van der Waals surface area (Å²) in [6, 6.07) is 6.98. The van der Waals surface area contributed by atoms with E-state index in [1.54, 1.807) is 93.7 Å². The smallest absolute Gasteiger partial charge is 0.311 e. The second-order valence-corrected chi connectivity index (χ2v) is 14.7. The van der Waals surface area contributed by atoms with Crippen molar-refractivity contribution in [3.8, 4) is 5.75 Å². The highest BCUT2D eigenvalue weighted by atomic mass is 32.2. The van der Waals surface area contributed by atoms with E-state index in [-0.39, 0.29) is 6.61 Å². The number of hydrogen-bond acceptors (Lipinski definition) is 11. The van der Waals surface area contributed by atoms with Gasteiger partial charge in [0.1, 0.15) is 18.5 Å². The third-order valence-electron chi connectivity index (χ3n) is 6.28. The highest BCUT2D eigenvalue weighted by Crippen LogP contribution is 2.42. The summed E-state index contributed by atoms with van der Waals surface area (Å²) in [5, 5.41) is 12.3. The van der Waals surface area contributed by atoms with Crippen molar-refractivity contribution in [2.24, 2.45) is 21.2 Å². The van der Waals surface area contributed by atoms with Gasteiger partial charge in [-0.05, 0) is 97.9 Å². The van der Waals surface area contributed by atoms with Crippen LogP contribution in [-0.4, -0.2) is 78.2 Å². The topological polar surface area (TPSA) is 130 Å². The Morgan fingerprint density at radius 3 is 1.93 bits per heavy atom. The van der Waals surface area contributed by atoms with Crippen LogP contribution in [0.5, 0.6) is 5.75 Å². The van der Waals surface area contributed by atoms with Gasteiger partial charge in [0.05, 0.1) is 23.4 Å². The average Bonchev–Trinajstić information content (AvgIpc) is 2.88. The third-order valence-corrected chi connectivity index (χ3v) is 7.37. The predicted octanol–water partition coefficient (Wildman–Crippen LogP) is 4.79. The van der Waals surface area contributed by atoms with Gasteiger partial charge in [0, 0.05) is 6.21 Å². The summed E-state index contributed by atoms with van der Waals surface area (Å²) in [7, 11) is 1.56. The molecule has 1 saturated heterocycles. The van der Waals surface area contributed by atoms with Crippen LogP contribution in [0.3, 0.4) is 0 Å². The van der Waals surface area contributed by atoms with Crippen molar-refractivity contribution >= 4 is 35.9 Å². The molecule has 0 bridgehead atoms. The summed E-state index contributed by atoms with van der Waals surface area (Å²) >= 11 is 1.23. The van der Waals surface area contributed by atoms with E-state index in [1.807, 2.05) is 6.92 Å². The molecule has 42 heavy (non-hydrogen) atoms. The lowest BCUT2D eigenvalue weighted by atomic mass is 9.91. The Bertz CT molecular complexity index is 1120. The van der Waals surface area contributed by atoms with E-state index in [0.29, 0.717) is 17.1 Å². The Balaban J connectivity index is 2.68. The van der Waals surface area contributed by atoms with Crippen LogP contribution in [0.25, 0.3) is 0 Å². The number of methoxy groups -OCH3 is 1. The number of aliphatic hydroxyl groups is 1. The van der Waals surface area contributed by atoms with Gasteiger partial charge in [-0.2, -0.15) is 0 Å². The predicted molar refractivity (Wildman–Crippen MR) is 161 cm³/mol. The minimum Gasteiger partial charge on any atom is -0.497 e. The van der Waals surface area contributed by atoms with Gasteiger partial charge in [0.2, 0.25) is 5.72 Å². The third kappa shape index (κ3) is 9.18. The van der Waals surface area contributed by atoms with Gasteiger partial charge < -0.3 is 28.8 Å². The molecule has 0 aromatic heterocycles. The molecule has 1 N–H and O–H groups in total. The summed E-state index contributed by atoms with van der Waals surface area (Å²) < 4.78 is 29.0. The standard InChI is InChI=1S/C31H47NO9S/c1-12-42-27-31(36,32-17-19-13-15-20(37-11)16-14-19)23(41-26(35)30(8,9)10)22(40-25(34)29(5,6)7)21(39-27)18-38-24(33)28(2,3)4/h13-17,21-23,27,36H,12,18H2,1-11H3/b32-17+/t21-,22-,23+,27+,31-/m1/s1. The van der Waals surface area contributed by atoms with Gasteiger partial charge in [-0.15, -0.1) is 11.8 Å². The molecule has 236 valence electrons. The molecular formula is C31H47NO9S. The monoisotopic (exact) mass is 609 g/mol. The van der Waals surface area contributed by atoms with Crippen molar-refractivity contribution in [2.75, 3.05) is 19.5 Å². The van der Waals surface area contributed by atoms with E-state index >= 15 is 0 Å². The zero-order valence-corrected chi connectivity index (χ0v) is 27.5. The van der Waals surface area contributed by atoms with Gasteiger partial charge in [-0.3, -0.25) is 19.4 Å². The van der Waals surface area contributed by atoms with E-state index in [9.17, 15) is 19.5 Å². The van der Waals surface area contributed by atoms with E-state index in [0.717, 1.165) is 0 Å². The SMILES string of the molecule is CCS[C@@H]1O[C@H](COC(=O)C(C)(C)C)[C@@H](OC(=O)C(C)(C)C)[C@H](OC(=O)C(C)(C)C)[C@]1(O)/N=C/c1ccc(OC)cc1. The van der Waals surface area contributed by atoms with Crippen LogP contribution in [0.1, 0.15) is 74.8 Å². The molecule has 10 nitrogen and oxygen atoms in total. The van der Waals surface area contributed by atoms with Crippen LogP contribution in [0.4, 0.5) is 0 Å². The van der Waals surface area contributed by atoms with Crippen molar-refractivity contribution in [1.29, 1.82) is 0 Å². The van der Waals surface area contributed by atoms with Crippen molar-refractivity contribution in [3.05, 3.63) is 29.8 Å². The molecule has 2 rings (SSSR count). The summed E-state index contributed by atoms with van der Waals surface area (Å²) in [6.45, 7) is 16.7. The van der Waals surface area contributed by atoms with Crippen LogP contribution >= 0.6 is 11.8 Å². The minimum atomic E-state index is -2.19. The molecule has 0 aliphatic carbocycles. The molecule has 0 saturated carbocycles.